The van der Waals surface area contributed by atoms with Crippen LogP contribution in [0.5, 0.6) is 5.75 Å². The number of methoxy groups -OCH3 is 1. The zero-order valence-electron chi connectivity index (χ0n) is 11.9. The molecule has 1 aromatic carbocycles. The van der Waals surface area contributed by atoms with E-state index in [1.165, 1.54) is 25.3 Å². The van der Waals surface area contributed by atoms with Gasteiger partial charge in [-0.1, -0.05) is 12.1 Å². The zero-order chi connectivity index (χ0) is 15.7. The number of rotatable bonds is 8. The summed E-state index contributed by atoms with van der Waals surface area (Å²) in [6.45, 7) is 1.22. The van der Waals surface area contributed by atoms with Crippen molar-refractivity contribution < 1.29 is 28.2 Å². The van der Waals surface area contributed by atoms with Crippen LogP contribution in [0.3, 0.4) is 0 Å². The Labute approximate surface area is 122 Å². The second-order valence-corrected chi connectivity index (χ2v) is 4.30. The smallest absolute Gasteiger partial charge is 0.344 e. The number of hydrogen-bond donors (Lipinski definition) is 1. The van der Waals surface area contributed by atoms with Crippen molar-refractivity contribution in [3.05, 3.63) is 30.1 Å². The lowest BCUT2D eigenvalue weighted by molar-refractivity contribution is -0.150. The van der Waals surface area contributed by atoms with Gasteiger partial charge in [0.2, 0.25) is 0 Å². The molecule has 1 N–H and O–H groups in total. The van der Waals surface area contributed by atoms with Gasteiger partial charge >= 0.3 is 5.97 Å². The van der Waals surface area contributed by atoms with Crippen LogP contribution in [-0.2, 0) is 19.1 Å². The molecule has 1 amide bonds. The molecule has 0 aromatic heterocycles. The molecule has 7 heteroatoms. The summed E-state index contributed by atoms with van der Waals surface area (Å²) in [6, 6.07) is 5.50. The molecule has 0 heterocycles. The minimum absolute atomic E-state index is 0.0485. The number of esters is 1. The van der Waals surface area contributed by atoms with Crippen molar-refractivity contribution in [2.45, 2.75) is 13.0 Å². The van der Waals surface area contributed by atoms with Crippen molar-refractivity contribution in [1.82, 2.24) is 5.32 Å². The quantitative estimate of drug-likeness (QED) is 0.722. The van der Waals surface area contributed by atoms with E-state index in [1.807, 2.05) is 0 Å². The van der Waals surface area contributed by atoms with Crippen LogP contribution in [0.1, 0.15) is 6.92 Å². The second-order valence-electron chi connectivity index (χ2n) is 4.30. The molecule has 21 heavy (non-hydrogen) atoms. The fraction of sp³-hybridized carbons (Fsp3) is 0.429. The molecule has 1 aromatic rings. The van der Waals surface area contributed by atoms with E-state index in [2.05, 4.69) is 5.32 Å². The predicted octanol–water partition coefficient (Wildman–Crippen LogP) is 0.899. The van der Waals surface area contributed by atoms with Crippen molar-refractivity contribution in [2.75, 3.05) is 26.9 Å². The fourth-order valence-electron chi connectivity index (χ4n) is 1.49. The number of carbonyl (C=O) groups is 2. The van der Waals surface area contributed by atoms with Gasteiger partial charge in [-0.15, -0.1) is 0 Å². The summed E-state index contributed by atoms with van der Waals surface area (Å²) in [4.78, 5) is 22.8. The summed E-state index contributed by atoms with van der Waals surface area (Å²) in [5, 5.41) is 2.58. The summed E-state index contributed by atoms with van der Waals surface area (Å²) >= 11 is 0. The third kappa shape index (κ3) is 6.71. The monoisotopic (exact) mass is 299 g/mol. The number of carbonyl (C=O) groups excluding carboxylic acids is 2. The van der Waals surface area contributed by atoms with Gasteiger partial charge in [0.15, 0.2) is 24.8 Å². The Hall–Kier alpha value is -2.15. The number of amides is 1. The Morgan fingerprint density at radius 2 is 2.00 bits per heavy atom. The number of hydrogen-bond acceptors (Lipinski definition) is 5. The Balaban J connectivity index is 2.25. The van der Waals surface area contributed by atoms with E-state index in [0.717, 1.165) is 0 Å². The Morgan fingerprint density at radius 3 is 2.67 bits per heavy atom. The molecular formula is C14H18FNO5. The van der Waals surface area contributed by atoms with E-state index < -0.39 is 30.9 Å². The summed E-state index contributed by atoms with van der Waals surface area (Å²) in [5.41, 5.74) is 0. The molecule has 1 unspecified atom stereocenters. The molecule has 0 saturated carbocycles. The molecule has 0 aliphatic rings. The number of benzene rings is 1. The van der Waals surface area contributed by atoms with Crippen molar-refractivity contribution in [1.29, 1.82) is 0 Å². The van der Waals surface area contributed by atoms with E-state index in [9.17, 15) is 14.0 Å². The average Bonchev–Trinajstić information content (AvgIpc) is 2.44. The van der Waals surface area contributed by atoms with Crippen LogP contribution in [0.4, 0.5) is 4.39 Å². The van der Waals surface area contributed by atoms with Crippen LogP contribution in [0.15, 0.2) is 24.3 Å². The van der Waals surface area contributed by atoms with Crippen LogP contribution in [0.2, 0.25) is 0 Å². The molecular weight excluding hydrogens is 281 g/mol. The maximum absolute atomic E-state index is 13.2. The predicted molar refractivity (Wildman–Crippen MR) is 72.3 cm³/mol. The first kappa shape index (κ1) is 16.9. The van der Waals surface area contributed by atoms with Gasteiger partial charge < -0.3 is 19.5 Å². The van der Waals surface area contributed by atoms with Crippen molar-refractivity contribution in [2.24, 2.45) is 0 Å². The minimum atomic E-state index is -0.757. The van der Waals surface area contributed by atoms with E-state index in [1.54, 1.807) is 13.0 Å². The van der Waals surface area contributed by atoms with Crippen LogP contribution < -0.4 is 10.1 Å². The molecule has 0 aliphatic heterocycles. The Kier molecular flexibility index (Phi) is 7.17. The number of ether oxygens (including phenoxy) is 3. The first-order chi connectivity index (χ1) is 10.0. The third-order valence-electron chi connectivity index (χ3n) is 2.37. The molecule has 0 aliphatic carbocycles. The van der Waals surface area contributed by atoms with Crippen molar-refractivity contribution >= 4 is 11.9 Å². The average molecular weight is 299 g/mol. The molecule has 116 valence electrons. The number of halogens is 1. The lowest BCUT2D eigenvalue weighted by atomic mass is 10.3. The lowest BCUT2D eigenvalue weighted by Gasteiger charge is -2.12. The Bertz CT molecular complexity index is 480. The zero-order valence-corrected chi connectivity index (χ0v) is 11.9. The number of para-hydroxylation sites is 1. The van der Waals surface area contributed by atoms with Gasteiger partial charge in [0.1, 0.15) is 0 Å². The highest BCUT2D eigenvalue weighted by molar-refractivity contribution is 5.81. The van der Waals surface area contributed by atoms with Gasteiger partial charge in [0, 0.05) is 13.2 Å². The van der Waals surface area contributed by atoms with Crippen LogP contribution in [0, 0.1) is 5.82 Å². The normalized spacial score (nSPS) is 11.6. The molecule has 1 atom stereocenters. The van der Waals surface area contributed by atoms with Crippen LogP contribution in [-0.4, -0.2) is 44.8 Å². The first-order valence-corrected chi connectivity index (χ1v) is 6.34. The van der Waals surface area contributed by atoms with Gasteiger partial charge in [0.05, 0.1) is 6.61 Å². The summed E-state index contributed by atoms with van der Waals surface area (Å²) in [7, 11) is 1.52. The summed E-state index contributed by atoms with van der Waals surface area (Å²) in [5.74, 6) is -1.82. The standard InChI is InChI=1S/C14H18FNO5/c1-10(7-19-2)16-13(17)8-21-14(18)9-20-12-6-4-3-5-11(12)15/h3-6,10H,7-9H2,1-2H3,(H,16,17). The van der Waals surface area contributed by atoms with E-state index in [-0.39, 0.29) is 11.8 Å². The van der Waals surface area contributed by atoms with E-state index in [4.69, 9.17) is 14.2 Å². The highest BCUT2D eigenvalue weighted by atomic mass is 19.1. The van der Waals surface area contributed by atoms with Crippen LogP contribution >= 0.6 is 0 Å². The molecule has 1 rings (SSSR count). The van der Waals surface area contributed by atoms with Gasteiger partial charge in [-0.25, -0.2) is 9.18 Å². The molecule has 0 bridgehead atoms. The molecule has 6 nitrogen and oxygen atoms in total. The van der Waals surface area contributed by atoms with E-state index >= 15 is 0 Å². The highest BCUT2D eigenvalue weighted by Gasteiger charge is 2.11. The summed E-state index contributed by atoms with van der Waals surface area (Å²) < 4.78 is 27.7. The fourth-order valence-corrected chi connectivity index (χ4v) is 1.49. The minimum Gasteiger partial charge on any atom is -0.479 e. The van der Waals surface area contributed by atoms with E-state index in [0.29, 0.717) is 6.61 Å². The second kappa shape index (κ2) is 8.91. The largest absolute Gasteiger partial charge is 0.479 e. The number of nitrogens with one attached hydrogen (secondary N) is 1. The lowest BCUT2D eigenvalue weighted by Crippen LogP contribution is -2.38. The molecule has 0 saturated heterocycles. The first-order valence-electron chi connectivity index (χ1n) is 6.34. The summed E-state index contributed by atoms with van der Waals surface area (Å²) in [6.07, 6.45) is 0. The van der Waals surface area contributed by atoms with Crippen molar-refractivity contribution in [3.8, 4) is 5.75 Å². The molecule has 0 fully saturated rings. The maximum Gasteiger partial charge on any atom is 0.344 e. The van der Waals surface area contributed by atoms with Crippen molar-refractivity contribution in [3.63, 3.8) is 0 Å². The Morgan fingerprint density at radius 1 is 1.29 bits per heavy atom. The highest BCUT2D eigenvalue weighted by Crippen LogP contribution is 2.14. The molecule has 0 spiro atoms. The van der Waals surface area contributed by atoms with Gasteiger partial charge in [-0.2, -0.15) is 0 Å². The van der Waals surface area contributed by atoms with Crippen LogP contribution in [0.25, 0.3) is 0 Å². The molecule has 0 radical (unpaired) electrons. The van der Waals surface area contributed by atoms with Gasteiger partial charge in [0.25, 0.3) is 5.91 Å². The third-order valence-corrected chi connectivity index (χ3v) is 2.37. The SMILES string of the molecule is COCC(C)NC(=O)COC(=O)COc1ccccc1F. The van der Waals surface area contributed by atoms with Gasteiger partial charge in [-0.05, 0) is 19.1 Å². The van der Waals surface area contributed by atoms with Gasteiger partial charge in [-0.3, -0.25) is 4.79 Å². The topological polar surface area (TPSA) is 73.9 Å². The maximum atomic E-state index is 13.2.